The second kappa shape index (κ2) is 8.92. The molecule has 5 rings (SSSR count). The monoisotopic (exact) mass is 527 g/mol. The lowest BCUT2D eigenvalue weighted by molar-refractivity contribution is -0.137. The van der Waals surface area contributed by atoms with Crippen LogP contribution in [0.3, 0.4) is 0 Å². The number of aromatic nitrogens is 1. The van der Waals surface area contributed by atoms with Gasteiger partial charge in [0.25, 0.3) is 15.9 Å². The van der Waals surface area contributed by atoms with Crippen molar-refractivity contribution >= 4 is 59.1 Å². The van der Waals surface area contributed by atoms with Crippen molar-refractivity contribution in [2.75, 3.05) is 10.0 Å². The van der Waals surface area contributed by atoms with Crippen molar-refractivity contribution in [2.24, 2.45) is 0 Å². The number of nitrogens with zero attached hydrogens (tertiary/aromatic N) is 1. The fraction of sp³-hybridized carbons (Fsp3) is 0.0400. The molecule has 0 radical (unpaired) electrons. The molecule has 0 aliphatic heterocycles. The number of amides is 1. The summed E-state index contributed by atoms with van der Waals surface area (Å²) in [5, 5.41) is 3.81. The number of carbonyl (C=O) groups is 1. The lowest BCUT2D eigenvalue weighted by Crippen LogP contribution is -2.20. The van der Waals surface area contributed by atoms with E-state index >= 15 is 0 Å². The van der Waals surface area contributed by atoms with Crippen LogP contribution in [-0.4, -0.2) is 19.3 Å². The van der Waals surface area contributed by atoms with E-state index in [1.807, 2.05) is 12.1 Å². The van der Waals surface area contributed by atoms with Crippen molar-refractivity contribution in [1.82, 2.24) is 4.98 Å². The van der Waals surface area contributed by atoms with Gasteiger partial charge in [0.2, 0.25) is 0 Å². The van der Waals surface area contributed by atoms with E-state index in [0.29, 0.717) is 22.4 Å². The van der Waals surface area contributed by atoms with Crippen molar-refractivity contribution in [1.29, 1.82) is 0 Å². The molecule has 5 aromatic rings. The predicted octanol–water partition coefficient (Wildman–Crippen LogP) is 6.52. The quantitative estimate of drug-likeness (QED) is 0.272. The lowest BCUT2D eigenvalue weighted by atomic mass is 10.1. The molecule has 1 heterocycles. The van der Waals surface area contributed by atoms with Crippen molar-refractivity contribution < 1.29 is 26.4 Å². The molecule has 11 heteroatoms. The topological polar surface area (TPSA) is 88.2 Å². The van der Waals surface area contributed by atoms with Gasteiger partial charge in [0, 0.05) is 5.39 Å². The molecule has 2 N–H and O–H groups in total. The Morgan fingerprint density at radius 1 is 0.889 bits per heavy atom. The van der Waals surface area contributed by atoms with Gasteiger partial charge in [-0.1, -0.05) is 59.9 Å². The van der Waals surface area contributed by atoms with Gasteiger partial charge < -0.3 is 0 Å². The summed E-state index contributed by atoms with van der Waals surface area (Å²) in [6.07, 6.45) is -4.75. The number of thiazole rings is 1. The van der Waals surface area contributed by atoms with Crippen molar-refractivity contribution in [3.8, 4) is 0 Å². The summed E-state index contributed by atoms with van der Waals surface area (Å²) < 4.78 is 69.9. The maximum absolute atomic E-state index is 13.4. The average Bonchev–Trinajstić information content (AvgIpc) is 3.25. The van der Waals surface area contributed by atoms with E-state index in [2.05, 4.69) is 15.0 Å². The largest absolute Gasteiger partial charge is 0.416 e. The fourth-order valence-electron chi connectivity index (χ4n) is 3.72. The van der Waals surface area contributed by atoms with E-state index in [9.17, 15) is 26.4 Å². The van der Waals surface area contributed by atoms with Gasteiger partial charge in [0.15, 0.2) is 5.13 Å². The number of rotatable bonds is 5. The van der Waals surface area contributed by atoms with Gasteiger partial charge in [0.05, 0.1) is 31.9 Å². The highest BCUT2D eigenvalue weighted by Crippen LogP contribution is 2.34. The van der Waals surface area contributed by atoms with Crippen LogP contribution in [0.15, 0.2) is 89.8 Å². The zero-order valence-corrected chi connectivity index (χ0v) is 19.8. The summed E-state index contributed by atoms with van der Waals surface area (Å²) >= 11 is 1.18. The minimum Gasteiger partial charge on any atom is -0.298 e. The second-order valence-electron chi connectivity index (χ2n) is 7.78. The molecule has 0 spiro atoms. The molecular formula is C25H16F3N3O3S2. The van der Waals surface area contributed by atoms with E-state index in [0.717, 1.165) is 16.8 Å². The first-order chi connectivity index (χ1) is 17.1. The summed E-state index contributed by atoms with van der Waals surface area (Å²) in [7, 11) is -4.36. The molecule has 0 aliphatic rings. The molecule has 0 saturated carbocycles. The SMILES string of the molecule is O=C(Nc1nc2ccccc2s1)c1ccc(C(F)(F)F)cc1NS(=O)(=O)c1cccc2ccccc12. The third-order valence-electron chi connectivity index (χ3n) is 5.39. The molecule has 0 fully saturated rings. The molecular weight excluding hydrogens is 511 g/mol. The van der Waals surface area contributed by atoms with Crippen LogP contribution in [0.1, 0.15) is 15.9 Å². The Labute approximate surface area is 207 Å². The zero-order valence-electron chi connectivity index (χ0n) is 18.2. The first-order valence-electron chi connectivity index (χ1n) is 10.5. The summed E-state index contributed by atoms with van der Waals surface area (Å²) in [5.41, 5.74) is -1.25. The number of hydrogen-bond donors (Lipinski definition) is 2. The number of carbonyl (C=O) groups excluding carboxylic acids is 1. The molecule has 182 valence electrons. The van der Waals surface area contributed by atoms with Crippen molar-refractivity contribution in [3.63, 3.8) is 0 Å². The van der Waals surface area contributed by atoms with Crippen LogP contribution in [0.5, 0.6) is 0 Å². The van der Waals surface area contributed by atoms with Gasteiger partial charge in [-0.3, -0.25) is 14.8 Å². The van der Waals surface area contributed by atoms with Gasteiger partial charge in [-0.05, 0) is 41.8 Å². The van der Waals surface area contributed by atoms with E-state index in [1.54, 1.807) is 42.5 Å². The highest BCUT2D eigenvalue weighted by atomic mass is 32.2. The van der Waals surface area contributed by atoms with Crippen LogP contribution in [0.2, 0.25) is 0 Å². The predicted molar refractivity (Wildman–Crippen MR) is 134 cm³/mol. The maximum Gasteiger partial charge on any atom is 0.416 e. The summed E-state index contributed by atoms with van der Waals surface area (Å²) in [5.74, 6) is -0.807. The number of nitrogens with one attached hydrogen (secondary N) is 2. The number of sulfonamides is 1. The van der Waals surface area contributed by atoms with E-state index in [-0.39, 0.29) is 15.6 Å². The summed E-state index contributed by atoms with van der Waals surface area (Å²) in [6.45, 7) is 0. The minimum absolute atomic E-state index is 0.129. The summed E-state index contributed by atoms with van der Waals surface area (Å²) in [4.78, 5) is 17.2. The first-order valence-corrected chi connectivity index (χ1v) is 12.8. The van der Waals surface area contributed by atoms with Crippen LogP contribution in [0.25, 0.3) is 21.0 Å². The van der Waals surface area contributed by atoms with Gasteiger partial charge in [-0.15, -0.1) is 0 Å². The lowest BCUT2D eigenvalue weighted by Gasteiger charge is -2.16. The van der Waals surface area contributed by atoms with E-state index in [4.69, 9.17) is 0 Å². The molecule has 6 nitrogen and oxygen atoms in total. The standard InChI is InChI=1S/C25H16F3N3O3S2/c26-25(27,28)16-12-13-18(23(32)30-24-29-19-9-3-4-10-21(19)35-24)20(14-16)31-36(33,34)22-11-5-7-15-6-1-2-8-17(15)22/h1-14,31H,(H,29,30,32). The van der Waals surface area contributed by atoms with Crippen molar-refractivity contribution in [2.45, 2.75) is 11.1 Å². The number of benzene rings is 4. The van der Waals surface area contributed by atoms with Gasteiger partial charge >= 0.3 is 6.18 Å². The highest BCUT2D eigenvalue weighted by molar-refractivity contribution is 7.93. The number of hydrogen-bond acceptors (Lipinski definition) is 5. The summed E-state index contributed by atoms with van der Waals surface area (Å²) in [6, 6.07) is 20.7. The molecule has 36 heavy (non-hydrogen) atoms. The normalized spacial score (nSPS) is 12.1. The Morgan fingerprint density at radius 2 is 1.61 bits per heavy atom. The smallest absolute Gasteiger partial charge is 0.298 e. The Balaban J connectivity index is 1.55. The molecule has 4 aromatic carbocycles. The highest BCUT2D eigenvalue weighted by Gasteiger charge is 2.32. The average molecular weight is 528 g/mol. The van der Waals surface area contributed by atoms with E-state index < -0.39 is 33.4 Å². The fourth-order valence-corrected chi connectivity index (χ4v) is 5.89. The number of halogens is 3. The van der Waals surface area contributed by atoms with Crippen LogP contribution in [0, 0.1) is 0 Å². The Kier molecular flexibility index (Phi) is 5.89. The maximum atomic E-state index is 13.4. The molecule has 0 unspecified atom stereocenters. The Morgan fingerprint density at radius 3 is 2.39 bits per heavy atom. The number of fused-ring (bicyclic) bond motifs is 2. The number of anilines is 2. The first kappa shape index (κ1) is 23.8. The number of para-hydroxylation sites is 1. The van der Waals surface area contributed by atoms with E-state index in [1.165, 1.54) is 23.5 Å². The molecule has 1 aromatic heterocycles. The zero-order chi connectivity index (χ0) is 25.5. The van der Waals surface area contributed by atoms with Crippen molar-refractivity contribution in [3.05, 3.63) is 96.1 Å². The number of alkyl halides is 3. The molecule has 0 atom stereocenters. The third kappa shape index (κ3) is 4.62. The Hall–Kier alpha value is -3.96. The molecule has 0 saturated heterocycles. The molecule has 0 aliphatic carbocycles. The van der Waals surface area contributed by atoms with Crippen LogP contribution in [-0.2, 0) is 16.2 Å². The second-order valence-corrected chi connectivity index (χ2v) is 10.5. The van der Waals surface area contributed by atoms with Crippen LogP contribution < -0.4 is 10.0 Å². The molecule has 0 bridgehead atoms. The minimum atomic E-state index is -4.75. The van der Waals surface area contributed by atoms with Crippen LogP contribution >= 0.6 is 11.3 Å². The van der Waals surface area contributed by atoms with Gasteiger partial charge in [0.1, 0.15) is 0 Å². The van der Waals surface area contributed by atoms with Crippen LogP contribution in [0.4, 0.5) is 24.0 Å². The molecule has 1 amide bonds. The van der Waals surface area contributed by atoms with Gasteiger partial charge in [-0.2, -0.15) is 13.2 Å². The Bertz CT molecular complexity index is 1690. The third-order valence-corrected chi connectivity index (χ3v) is 7.76. The van der Waals surface area contributed by atoms with Gasteiger partial charge in [-0.25, -0.2) is 13.4 Å².